The summed E-state index contributed by atoms with van der Waals surface area (Å²) in [6.45, 7) is 4.52. The first-order valence-corrected chi connectivity index (χ1v) is 7.45. The van der Waals surface area contributed by atoms with E-state index in [-0.39, 0.29) is 23.0 Å². The number of pyridine rings is 1. The van der Waals surface area contributed by atoms with Crippen molar-refractivity contribution in [2.45, 2.75) is 19.8 Å². The zero-order valence-electron chi connectivity index (χ0n) is 13.8. The number of nitrogens with one attached hydrogen (secondary N) is 1. The van der Waals surface area contributed by atoms with Gasteiger partial charge in [0.05, 0.1) is 17.6 Å². The van der Waals surface area contributed by atoms with Gasteiger partial charge in [-0.3, -0.25) is 10.1 Å². The zero-order chi connectivity index (χ0) is 17.7. The smallest absolute Gasteiger partial charge is 0.339 e. The highest BCUT2D eigenvalue weighted by Crippen LogP contribution is 2.24. The summed E-state index contributed by atoms with van der Waals surface area (Å²) in [6, 6.07) is 9.28. The minimum absolute atomic E-state index is 0.0429. The van der Waals surface area contributed by atoms with Crippen molar-refractivity contribution in [3.8, 4) is 0 Å². The van der Waals surface area contributed by atoms with Crippen molar-refractivity contribution in [1.29, 1.82) is 0 Å². The quantitative estimate of drug-likeness (QED) is 0.496. The Balaban J connectivity index is 2.15. The number of nitro groups is 1. The molecule has 1 heterocycles. The van der Waals surface area contributed by atoms with Crippen LogP contribution in [-0.2, 0) is 4.74 Å². The Morgan fingerprint density at radius 2 is 2.04 bits per heavy atom. The number of esters is 1. The number of ether oxygens (including phenoxy) is 1. The maximum Gasteiger partial charge on any atom is 0.339 e. The molecule has 0 amide bonds. The number of benzene rings is 1. The van der Waals surface area contributed by atoms with E-state index >= 15 is 0 Å². The molecule has 0 bridgehead atoms. The van der Waals surface area contributed by atoms with Gasteiger partial charge < -0.3 is 10.1 Å². The van der Waals surface area contributed by atoms with Crippen LogP contribution < -0.4 is 5.32 Å². The molecule has 0 spiro atoms. The van der Waals surface area contributed by atoms with Gasteiger partial charge in [0.2, 0.25) is 5.82 Å². The van der Waals surface area contributed by atoms with Crippen LogP contribution in [0, 0.1) is 17.0 Å². The molecular formula is C17H19N3O4. The van der Waals surface area contributed by atoms with Crippen LogP contribution in [0.5, 0.6) is 0 Å². The molecule has 2 rings (SSSR count). The SMILES string of the molecule is COC(=O)c1cnc(NCC(C)c2ccc(C)cc2)c([N+](=O)[O-])c1. The molecule has 126 valence electrons. The number of aromatic nitrogens is 1. The molecule has 1 N–H and O–H groups in total. The van der Waals surface area contributed by atoms with Crippen LogP contribution in [0.3, 0.4) is 0 Å². The fourth-order valence-corrected chi connectivity index (χ4v) is 2.22. The van der Waals surface area contributed by atoms with Crippen molar-refractivity contribution < 1.29 is 14.5 Å². The number of nitrogens with zero attached hydrogens (tertiary/aromatic N) is 2. The Kier molecular flexibility index (Phi) is 5.47. The van der Waals surface area contributed by atoms with Crippen molar-refractivity contribution in [3.05, 3.63) is 63.3 Å². The minimum atomic E-state index is -0.662. The van der Waals surface area contributed by atoms with Gasteiger partial charge >= 0.3 is 11.7 Å². The van der Waals surface area contributed by atoms with Gasteiger partial charge in [-0.05, 0) is 18.4 Å². The minimum Gasteiger partial charge on any atom is -0.465 e. The molecule has 0 aliphatic rings. The molecule has 1 atom stereocenters. The van der Waals surface area contributed by atoms with E-state index in [1.165, 1.54) is 18.9 Å². The van der Waals surface area contributed by atoms with Crippen LogP contribution in [0.4, 0.5) is 11.5 Å². The molecule has 24 heavy (non-hydrogen) atoms. The molecule has 1 aromatic heterocycles. The molecule has 2 aromatic rings. The normalized spacial score (nSPS) is 11.6. The number of hydrogen-bond donors (Lipinski definition) is 1. The average Bonchev–Trinajstić information content (AvgIpc) is 2.59. The number of carbonyl (C=O) groups is 1. The molecule has 0 aliphatic heterocycles. The van der Waals surface area contributed by atoms with Crippen LogP contribution in [0.15, 0.2) is 36.5 Å². The maximum absolute atomic E-state index is 11.5. The Bertz CT molecular complexity index is 744. The molecule has 0 saturated carbocycles. The first kappa shape index (κ1) is 17.4. The second-order valence-corrected chi connectivity index (χ2v) is 5.53. The van der Waals surface area contributed by atoms with Crippen LogP contribution in [-0.4, -0.2) is 29.5 Å². The molecule has 0 aliphatic carbocycles. The number of hydrogen-bond acceptors (Lipinski definition) is 6. The van der Waals surface area contributed by atoms with Gasteiger partial charge in [0, 0.05) is 18.8 Å². The lowest BCUT2D eigenvalue weighted by Crippen LogP contribution is -2.13. The largest absolute Gasteiger partial charge is 0.465 e. The number of carbonyl (C=O) groups excluding carboxylic acids is 1. The number of rotatable bonds is 6. The predicted molar refractivity (Wildman–Crippen MR) is 90.3 cm³/mol. The van der Waals surface area contributed by atoms with Gasteiger partial charge in [0.15, 0.2) is 0 Å². The van der Waals surface area contributed by atoms with Crippen molar-refractivity contribution in [2.75, 3.05) is 19.0 Å². The lowest BCUT2D eigenvalue weighted by Gasteiger charge is -2.14. The van der Waals surface area contributed by atoms with E-state index in [1.807, 2.05) is 38.1 Å². The predicted octanol–water partition coefficient (Wildman–Crippen LogP) is 3.30. The summed E-state index contributed by atoms with van der Waals surface area (Å²) < 4.78 is 4.55. The lowest BCUT2D eigenvalue weighted by molar-refractivity contribution is -0.384. The first-order valence-electron chi connectivity index (χ1n) is 7.45. The fourth-order valence-electron chi connectivity index (χ4n) is 2.22. The van der Waals surface area contributed by atoms with E-state index in [0.717, 1.165) is 11.6 Å². The molecular weight excluding hydrogens is 310 g/mol. The van der Waals surface area contributed by atoms with E-state index in [0.29, 0.717) is 6.54 Å². The summed E-state index contributed by atoms with van der Waals surface area (Å²) in [5.41, 5.74) is 2.09. The van der Waals surface area contributed by atoms with Crippen molar-refractivity contribution in [1.82, 2.24) is 4.98 Å². The van der Waals surface area contributed by atoms with Gasteiger partial charge in [-0.25, -0.2) is 9.78 Å². The van der Waals surface area contributed by atoms with E-state index in [9.17, 15) is 14.9 Å². The molecule has 7 nitrogen and oxygen atoms in total. The Morgan fingerprint density at radius 1 is 1.38 bits per heavy atom. The van der Waals surface area contributed by atoms with Crippen LogP contribution in [0.1, 0.15) is 34.3 Å². The Hall–Kier alpha value is -2.96. The monoisotopic (exact) mass is 329 g/mol. The van der Waals surface area contributed by atoms with Gasteiger partial charge in [-0.15, -0.1) is 0 Å². The molecule has 1 unspecified atom stereocenters. The fraction of sp³-hybridized carbons (Fsp3) is 0.294. The van der Waals surface area contributed by atoms with E-state index < -0.39 is 10.9 Å². The van der Waals surface area contributed by atoms with Gasteiger partial charge in [-0.1, -0.05) is 36.8 Å². The van der Waals surface area contributed by atoms with Gasteiger partial charge in [-0.2, -0.15) is 0 Å². The highest BCUT2D eigenvalue weighted by atomic mass is 16.6. The van der Waals surface area contributed by atoms with Crippen molar-refractivity contribution in [2.24, 2.45) is 0 Å². The highest BCUT2D eigenvalue weighted by Gasteiger charge is 2.20. The summed E-state index contributed by atoms with van der Waals surface area (Å²) in [5.74, 6) is -0.385. The third-order valence-corrected chi connectivity index (χ3v) is 3.71. The average molecular weight is 329 g/mol. The summed E-state index contributed by atoms with van der Waals surface area (Å²) in [6.07, 6.45) is 1.26. The topological polar surface area (TPSA) is 94.4 Å². The highest BCUT2D eigenvalue weighted by molar-refractivity contribution is 5.90. The summed E-state index contributed by atoms with van der Waals surface area (Å²) in [4.78, 5) is 26.1. The van der Waals surface area contributed by atoms with Crippen molar-refractivity contribution in [3.63, 3.8) is 0 Å². The van der Waals surface area contributed by atoms with Crippen LogP contribution >= 0.6 is 0 Å². The summed E-state index contributed by atoms with van der Waals surface area (Å²) in [5, 5.41) is 14.2. The first-order chi connectivity index (χ1) is 11.4. The Labute approximate surface area is 139 Å². The number of methoxy groups -OCH3 is 1. The second kappa shape index (κ2) is 7.54. The van der Waals surface area contributed by atoms with E-state index in [4.69, 9.17) is 0 Å². The summed E-state index contributed by atoms with van der Waals surface area (Å²) in [7, 11) is 1.21. The number of anilines is 1. The standard InChI is InChI=1S/C17H19N3O4/c1-11-4-6-13(7-5-11)12(2)9-18-16-15(20(22)23)8-14(10-19-16)17(21)24-3/h4-8,10,12H,9H2,1-3H3,(H,18,19). The number of aryl methyl sites for hydroxylation is 1. The molecule has 1 aromatic carbocycles. The van der Waals surface area contributed by atoms with E-state index in [1.54, 1.807) is 0 Å². The third-order valence-electron chi connectivity index (χ3n) is 3.71. The maximum atomic E-state index is 11.5. The molecule has 0 fully saturated rings. The van der Waals surface area contributed by atoms with E-state index in [2.05, 4.69) is 15.0 Å². The molecule has 0 radical (unpaired) electrons. The van der Waals surface area contributed by atoms with Crippen LogP contribution in [0.25, 0.3) is 0 Å². The van der Waals surface area contributed by atoms with Crippen molar-refractivity contribution >= 4 is 17.5 Å². The lowest BCUT2D eigenvalue weighted by atomic mass is 10.00. The van der Waals surface area contributed by atoms with Gasteiger partial charge in [0.25, 0.3) is 0 Å². The molecule has 0 saturated heterocycles. The Morgan fingerprint density at radius 3 is 2.62 bits per heavy atom. The third kappa shape index (κ3) is 4.07. The summed E-state index contributed by atoms with van der Waals surface area (Å²) >= 11 is 0. The second-order valence-electron chi connectivity index (χ2n) is 5.53. The zero-order valence-corrected chi connectivity index (χ0v) is 13.8. The van der Waals surface area contributed by atoms with Crippen LogP contribution in [0.2, 0.25) is 0 Å². The van der Waals surface area contributed by atoms with Gasteiger partial charge in [0.1, 0.15) is 0 Å². The molecule has 7 heteroatoms.